The van der Waals surface area contributed by atoms with Crippen LogP contribution >= 0.6 is 0 Å². The van der Waals surface area contributed by atoms with Gasteiger partial charge in [0.05, 0.1) is 0 Å². The highest BCUT2D eigenvalue weighted by Gasteiger charge is 2.12. The van der Waals surface area contributed by atoms with Crippen molar-refractivity contribution in [1.82, 2.24) is 34.6 Å². The number of likely N-dealkylation sites (tertiary alicyclic amines) is 1. The van der Waals surface area contributed by atoms with Crippen LogP contribution in [-0.2, 0) is 0 Å². The Morgan fingerprint density at radius 2 is 1.95 bits per heavy atom. The zero-order valence-corrected chi connectivity index (χ0v) is 11.6. The van der Waals surface area contributed by atoms with Gasteiger partial charge in [0.15, 0.2) is 0 Å². The van der Waals surface area contributed by atoms with Gasteiger partial charge in [-0.25, -0.2) is 10.8 Å². The summed E-state index contributed by atoms with van der Waals surface area (Å²) in [5.41, 5.74) is 2.43. The largest absolute Gasteiger partial charge is 0.353 e. The summed E-state index contributed by atoms with van der Waals surface area (Å²) in [5, 5.41) is 7.18. The third-order valence-electron chi connectivity index (χ3n) is 3.29. The lowest BCUT2D eigenvalue weighted by Crippen LogP contribution is -2.26. The molecule has 0 atom stereocenters. The number of nitrogens with zero attached hydrogens (tertiary/aromatic N) is 7. The Morgan fingerprint density at radius 1 is 1.14 bits per heavy atom. The number of rotatable bonds is 6. The Labute approximate surface area is 121 Å². The van der Waals surface area contributed by atoms with Crippen LogP contribution in [0.2, 0.25) is 0 Å². The summed E-state index contributed by atoms with van der Waals surface area (Å²) in [4.78, 5) is 18.9. The Bertz CT molecular complexity index is 562. The monoisotopic (exact) mass is 290 g/mol. The molecule has 10 heteroatoms. The zero-order chi connectivity index (χ0) is 14.5. The first-order chi connectivity index (χ1) is 10.3. The number of hydrazine groups is 1. The minimum Gasteiger partial charge on any atom is -0.353 e. The van der Waals surface area contributed by atoms with Crippen molar-refractivity contribution in [2.75, 3.05) is 36.9 Å². The molecule has 1 aliphatic rings. The summed E-state index contributed by atoms with van der Waals surface area (Å²) < 4.78 is 1.45. The molecule has 0 aliphatic carbocycles. The van der Waals surface area contributed by atoms with E-state index in [1.165, 1.54) is 43.3 Å². The van der Waals surface area contributed by atoms with Gasteiger partial charge in [-0.15, -0.1) is 0 Å². The average molecular weight is 290 g/mol. The second-order valence-electron chi connectivity index (χ2n) is 4.74. The Balaban J connectivity index is 1.67. The van der Waals surface area contributed by atoms with E-state index < -0.39 is 0 Å². The SMILES string of the molecule is NNc1nc(NCCN2CCCC2)nc(-n2cncn2)n1. The molecule has 0 radical (unpaired) electrons. The molecule has 10 nitrogen and oxygen atoms in total. The lowest BCUT2D eigenvalue weighted by molar-refractivity contribution is 0.352. The Morgan fingerprint density at radius 3 is 2.67 bits per heavy atom. The summed E-state index contributed by atoms with van der Waals surface area (Å²) in [7, 11) is 0. The fourth-order valence-electron chi connectivity index (χ4n) is 2.25. The molecule has 2 aromatic rings. The van der Waals surface area contributed by atoms with Crippen LogP contribution in [0.3, 0.4) is 0 Å². The van der Waals surface area contributed by atoms with Crippen molar-refractivity contribution in [2.24, 2.45) is 5.84 Å². The van der Waals surface area contributed by atoms with Gasteiger partial charge < -0.3 is 10.2 Å². The van der Waals surface area contributed by atoms with Gasteiger partial charge in [0.1, 0.15) is 12.7 Å². The molecular formula is C11H18N10. The molecule has 4 N–H and O–H groups in total. The summed E-state index contributed by atoms with van der Waals surface area (Å²) >= 11 is 0. The van der Waals surface area contributed by atoms with E-state index >= 15 is 0 Å². The first-order valence-corrected chi connectivity index (χ1v) is 6.89. The van der Waals surface area contributed by atoms with Gasteiger partial charge in [-0.3, -0.25) is 5.43 Å². The van der Waals surface area contributed by atoms with Gasteiger partial charge in [-0.1, -0.05) is 0 Å². The van der Waals surface area contributed by atoms with Crippen molar-refractivity contribution >= 4 is 11.9 Å². The highest BCUT2D eigenvalue weighted by atomic mass is 15.4. The fraction of sp³-hybridized carbons (Fsp3) is 0.545. The molecule has 1 fully saturated rings. The van der Waals surface area contributed by atoms with Crippen LogP contribution in [0, 0.1) is 0 Å². The Hall–Kier alpha value is -2.33. The van der Waals surface area contributed by atoms with E-state index in [0.29, 0.717) is 11.9 Å². The molecule has 0 saturated carbocycles. The summed E-state index contributed by atoms with van der Waals surface area (Å²) in [6, 6.07) is 0. The second-order valence-corrected chi connectivity index (χ2v) is 4.74. The normalized spacial score (nSPS) is 15.3. The van der Waals surface area contributed by atoms with Crippen LogP contribution < -0.4 is 16.6 Å². The van der Waals surface area contributed by atoms with E-state index in [2.05, 4.69) is 40.7 Å². The van der Waals surface area contributed by atoms with Crippen LogP contribution in [0.25, 0.3) is 5.95 Å². The van der Waals surface area contributed by atoms with E-state index in [0.717, 1.165) is 13.1 Å². The molecule has 3 heterocycles. The number of anilines is 2. The maximum atomic E-state index is 5.39. The lowest BCUT2D eigenvalue weighted by atomic mass is 10.4. The van der Waals surface area contributed by atoms with E-state index in [4.69, 9.17) is 5.84 Å². The first kappa shape index (κ1) is 13.6. The van der Waals surface area contributed by atoms with Gasteiger partial charge in [0, 0.05) is 13.1 Å². The molecule has 3 rings (SSSR count). The predicted molar refractivity (Wildman–Crippen MR) is 76.7 cm³/mol. The maximum absolute atomic E-state index is 5.39. The molecule has 112 valence electrons. The molecule has 0 aromatic carbocycles. The zero-order valence-electron chi connectivity index (χ0n) is 11.6. The van der Waals surface area contributed by atoms with Crippen molar-refractivity contribution in [3.8, 4) is 5.95 Å². The molecule has 0 spiro atoms. The molecule has 1 saturated heterocycles. The minimum atomic E-state index is 0.277. The summed E-state index contributed by atoms with van der Waals surface area (Å²) in [6.07, 6.45) is 5.50. The van der Waals surface area contributed by atoms with Crippen molar-refractivity contribution in [2.45, 2.75) is 12.8 Å². The number of nitrogen functional groups attached to an aromatic ring is 1. The Kier molecular flexibility index (Phi) is 4.17. The highest BCUT2D eigenvalue weighted by Crippen LogP contribution is 2.09. The van der Waals surface area contributed by atoms with Gasteiger partial charge in [0.25, 0.3) is 5.95 Å². The van der Waals surface area contributed by atoms with Gasteiger partial charge in [-0.05, 0) is 25.9 Å². The van der Waals surface area contributed by atoms with Crippen LogP contribution in [0.1, 0.15) is 12.8 Å². The number of aromatic nitrogens is 6. The van der Waals surface area contributed by atoms with E-state index in [1.54, 1.807) is 0 Å². The van der Waals surface area contributed by atoms with E-state index in [9.17, 15) is 0 Å². The third-order valence-corrected chi connectivity index (χ3v) is 3.29. The number of nitrogens with one attached hydrogen (secondary N) is 2. The molecular weight excluding hydrogens is 272 g/mol. The smallest absolute Gasteiger partial charge is 0.258 e. The van der Waals surface area contributed by atoms with Crippen molar-refractivity contribution in [1.29, 1.82) is 0 Å². The summed E-state index contributed by atoms with van der Waals surface area (Å²) in [6.45, 7) is 4.07. The molecule has 0 amide bonds. The van der Waals surface area contributed by atoms with Crippen molar-refractivity contribution < 1.29 is 0 Å². The first-order valence-electron chi connectivity index (χ1n) is 6.89. The summed E-state index contributed by atoms with van der Waals surface area (Å²) in [5.74, 6) is 6.48. The van der Waals surface area contributed by atoms with Gasteiger partial charge in [0.2, 0.25) is 11.9 Å². The predicted octanol–water partition coefficient (Wildman–Crippen LogP) is -0.754. The molecule has 1 aliphatic heterocycles. The molecule has 21 heavy (non-hydrogen) atoms. The van der Waals surface area contributed by atoms with Crippen molar-refractivity contribution in [3.63, 3.8) is 0 Å². The number of nitrogens with two attached hydrogens (primary N) is 1. The fourth-order valence-corrected chi connectivity index (χ4v) is 2.25. The van der Waals surface area contributed by atoms with Crippen LogP contribution in [0.15, 0.2) is 12.7 Å². The van der Waals surface area contributed by atoms with E-state index in [-0.39, 0.29) is 5.95 Å². The van der Waals surface area contributed by atoms with Gasteiger partial charge >= 0.3 is 0 Å². The topological polar surface area (TPSA) is 123 Å². The van der Waals surface area contributed by atoms with Gasteiger partial charge in [-0.2, -0.15) is 24.7 Å². The van der Waals surface area contributed by atoms with Crippen LogP contribution in [-0.4, -0.2) is 60.8 Å². The maximum Gasteiger partial charge on any atom is 0.258 e. The average Bonchev–Trinajstić information content (AvgIpc) is 3.20. The molecule has 0 unspecified atom stereocenters. The van der Waals surface area contributed by atoms with Crippen LogP contribution in [0.5, 0.6) is 0 Å². The lowest BCUT2D eigenvalue weighted by Gasteiger charge is -2.15. The minimum absolute atomic E-state index is 0.277. The quantitative estimate of drug-likeness (QED) is 0.465. The van der Waals surface area contributed by atoms with Crippen LogP contribution in [0.4, 0.5) is 11.9 Å². The second kappa shape index (κ2) is 6.41. The number of hydrogen-bond donors (Lipinski definition) is 3. The highest BCUT2D eigenvalue weighted by molar-refractivity contribution is 5.36. The third kappa shape index (κ3) is 3.41. The van der Waals surface area contributed by atoms with Crippen molar-refractivity contribution in [3.05, 3.63) is 12.7 Å². The number of hydrogen-bond acceptors (Lipinski definition) is 9. The molecule has 2 aromatic heterocycles. The molecule has 0 bridgehead atoms. The standard InChI is InChI=1S/C11H18N10/c12-19-10-16-9(14-3-6-20-4-1-2-5-20)17-11(18-10)21-8-13-7-15-21/h7-8H,1-6,12H2,(H2,14,16,17,18,19). The van der Waals surface area contributed by atoms with E-state index in [1.807, 2.05) is 0 Å².